The zero-order valence-corrected chi connectivity index (χ0v) is 14.9. The number of carbonyl (C=O) groups excluding carboxylic acids is 1. The van der Waals surface area contributed by atoms with Crippen molar-refractivity contribution < 1.29 is 19.2 Å². The summed E-state index contributed by atoms with van der Waals surface area (Å²) in [5.74, 6) is -0.374. The van der Waals surface area contributed by atoms with E-state index in [9.17, 15) is 9.59 Å². The topological polar surface area (TPSA) is 92.4 Å². The van der Waals surface area contributed by atoms with E-state index in [0.717, 1.165) is 11.8 Å². The van der Waals surface area contributed by atoms with Crippen LogP contribution in [0.4, 0.5) is 0 Å². The van der Waals surface area contributed by atoms with Gasteiger partial charge in [0.05, 0.1) is 6.42 Å². The number of carbonyl (C=O) groups is 2. The molecule has 1 saturated carbocycles. The van der Waals surface area contributed by atoms with Crippen LogP contribution in [0.5, 0.6) is 0 Å². The molecule has 1 fully saturated rings. The number of aromatic nitrogens is 1. The summed E-state index contributed by atoms with van der Waals surface area (Å²) in [5.41, 5.74) is 1.28. The smallest absolute Gasteiger partial charge is 0.303 e. The largest absolute Gasteiger partial charge is 0.481 e. The van der Waals surface area contributed by atoms with Crippen LogP contribution < -0.4 is 5.32 Å². The number of hydrogen-bond donors (Lipinski definition) is 2. The van der Waals surface area contributed by atoms with Crippen molar-refractivity contribution in [3.8, 4) is 0 Å². The fourth-order valence-electron chi connectivity index (χ4n) is 3.87. The summed E-state index contributed by atoms with van der Waals surface area (Å²) in [6, 6.07) is 7.36. The molecule has 1 aliphatic carbocycles. The highest BCUT2D eigenvalue weighted by atomic mass is 16.5. The summed E-state index contributed by atoms with van der Waals surface area (Å²) in [6.07, 6.45) is 7.64. The molecule has 1 atom stereocenters. The summed E-state index contributed by atoms with van der Waals surface area (Å²) in [6.45, 7) is 0. The fraction of sp³-hybridized carbons (Fsp3) is 0.550. The van der Waals surface area contributed by atoms with E-state index in [1.54, 1.807) is 0 Å². The molecule has 0 spiro atoms. The van der Waals surface area contributed by atoms with Crippen molar-refractivity contribution in [1.29, 1.82) is 0 Å². The fourth-order valence-corrected chi connectivity index (χ4v) is 3.87. The third-order valence-electron chi connectivity index (χ3n) is 5.19. The maximum absolute atomic E-state index is 12.5. The monoisotopic (exact) mass is 358 g/mol. The molecule has 0 radical (unpaired) electrons. The number of carboxylic acid groups (broad SMARTS) is 1. The van der Waals surface area contributed by atoms with E-state index in [1.807, 2.05) is 24.3 Å². The summed E-state index contributed by atoms with van der Waals surface area (Å²) in [4.78, 5) is 23.5. The number of nitrogens with one attached hydrogen (secondary N) is 1. The maximum Gasteiger partial charge on any atom is 0.303 e. The first kappa shape index (κ1) is 18.4. The van der Waals surface area contributed by atoms with Crippen LogP contribution in [0.3, 0.4) is 0 Å². The van der Waals surface area contributed by atoms with E-state index in [2.05, 4.69) is 10.5 Å². The van der Waals surface area contributed by atoms with E-state index in [1.165, 1.54) is 32.1 Å². The van der Waals surface area contributed by atoms with Crippen LogP contribution in [-0.4, -0.2) is 28.2 Å². The Morgan fingerprint density at radius 2 is 2.00 bits per heavy atom. The Morgan fingerprint density at radius 3 is 2.77 bits per heavy atom. The first-order chi connectivity index (χ1) is 12.6. The highest BCUT2D eigenvalue weighted by Crippen LogP contribution is 2.28. The highest BCUT2D eigenvalue weighted by molar-refractivity contribution is 5.86. The van der Waals surface area contributed by atoms with Crippen molar-refractivity contribution in [2.75, 3.05) is 0 Å². The van der Waals surface area contributed by atoms with Crippen molar-refractivity contribution in [2.24, 2.45) is 5.92 Å². The lowest BCUT2D eigenvalue weighted by Crippen LogP contribution is -2.38. The molecule has 140 valence electrons. The zero-order chi connectivity index (χ0) is 18.4. The van der Waals surface area contributed by atoms with Gasteiger partial charge in [-0.05, 0) is 30.9 Å². The minimum Gasteiger partial charge on any atom is -0.481 e. The first-order valence-corrected chi connectivity index (χ1v) is 9.46. The second kappa shape index (κ2) is 8.83. The van der Waals surface area contributed by atoms with Crippen LogP contribution in [0.1, 0.15) is 57.1 Å². The SMILES string of the molecule is O=C(O)CCC(CC1CCCCC1)NC(=O)Cc1noc2ccccc12. The number of aliphatic carboxylic acids is 1. The summed E-state index contributed by atoms with van der Waals surface area (Å²) in [7, 11) is 0. The molecule has 2 aromatic rings. The predicted octanol–water partition coefficient (Wildman–Crippen LogP) is 3.69. The Bertz CT molecular complexity index is 749. The summed E-state index contributed by atoms with van der Waals surface area (Å²) >= 11 is 0. The molecule has 1 aromatic carbocycles. The van der Waals surface area contributed by atoms with Crippen LogP contribution in [0, 0.1) is 5.92 Å². The molecular formula is C20H26N2O4. The number of amides is 1. The van der Waals surface area contributed by atoms with Gasteiger partial charge in [0.2, 0.25) is 5.91 Å². The van der Waals surface area contributed by atoms with Gasteiger partial charge in [0, 0.05) is 17.8 Å². The lowest BCUT2D eigenvalue weighted by molar-refractivity contribution is -0.137. The number of para-hydroxylation sites is 1. The van der Waals surface area contributed by atoms with Gasteiger partial charge in [-0.25, -0.2) is 0 Å². The molecule has 1 amide bonds. The van der Waals surface area contributed by atoms with E-state index in [4.69, 9.17) is 9.63 Å². The Kier molecular flexibility index (Phi) is 6.26. The van der Waals surface area contributed by atoms with Gasteiger partial charge in [-0.15, -0.1) is 0 Å². The van der Waals surface area contributed by atoms with Gasteiger partial charge in [-0.3, -0.25) is 9.59 Å². The highest BCUT2D eigenvalue weighted by Gasteiger charge is 2.22. The van der Waals surface area contributed by atoms with Gasteiger partial charge >= 0.3 is 5.97 Å². The number of carboxylic acids is 1. The molecular weight excluding hydrogens is 332 g/mol. The van der Waals surface area contributed by atoms with Crippen molar-refractivity contribution in [3.63, 3.8) is 0 Å². The Labute approximate surface area is 152 Å². The zero-order valence-electron chi connectivity index (χ0n) is 14.9. The molecule has 2 N–H and O–H groups in total. The molecule has 0 saturated heterocycles. The second-order valence-electron chi connectivity index (χ2n) is 7.24. The Balaban J connectivity index is 1.60. The average Bonchev–Trinajstić information content (AvgIpc) is 3.03. The van der Waals surface area contributed by atoms with Crippen molar-refractivity contribution in [2.45, 2.75) is 63.8 Å². The molecule has 3 rings (SSSR count). The van der Waals surface area contributed by atoms with Gasteiger partial charge in [0.25, 0.3) is 0 Å². The average molecular weight is 358 g/mol. The van der Waals surface area contributed by atoms with Gasteiger partial charge < -0.3 is 14.9 Å². The molecule has 1 aromatic heterocycles. The van der Waals surface area contributed by atoms with Crippen LogP contribution in [0.2, 0.25) is 0 Å². The van der Waals surface area contributed by atoms with Crippen molar-refractivity contribution in [1.82, 2.24) is 10.5 Å². The number of benzene rings is 1. The van der Waals surface area contributed by atoms with Gasteiger partial charge in [-0.2, -0.15) is 0 Å². The number of nitrogens with zero attached hydrogens (tertiary/aromatic N) is 1. The number of hydrogen-bond acceptors (Lipinski definition) is 4. The minimum absolute atomic E-state index is 0.0740. The maximum atomic E-state index is 12.5. The third-order valence-corrected chi connectivity index (χ3v) is 5.19. The van der Waals surface area contributed by atoms with Gasteiger partial charge in [-0.1, -0.05) is 49.4 Å². The third kappa shape index (κ3) is 5.07. The summed E-state index contributed by atoms with van der Waals surface area (Å²) < 4.78 is 5.25. The minimum atomic E-state index is -0.824. The lowest BCUT2D eigenvalue weighted by Gasteiger charge is -2.27. The molecule has 1 heterocycles. The Morgan fingerprint density at radius 1 is 1.23 bits per heavy atom. The van der Waals surface area contributed by atoms with E-state index in [-0.39, 0.29) is 24.8 Å². The number of fused-ring (bicyclic) bond motifs is 1. The predicted molar refractivity (Wildman–Crippen MR) is 97.7 cm³/mol. The van der Waals surface area contributed by atoms with Crippen LogP contribution >= 0.6 is 0 Å². The van der Waals surface area contributed by atoms with E-state index in [0.29, 0.717) is 23.6 Å². The van der Waals surface area contributed by atoms with Crippen LogP contribution in [-0.2, 0) is 16.0 Å². The first-order valence-electron chi connectivity index (χ1n) is 9.46. The van der Waals surface area contributed by atoms with Crippen molar-refractivity contribution in [3.05, 3.63) is 30.0 Å². The quantitative estimate of drug-likeness (QED) is 0.751. The number of rotatable bonds is 8. The summed E-state index contributed by atoms with van der Waals surface area (Å²) in [5, 5.41) is 16.9. The van der Waals surface area contributed by atoms with E-state index < -0.39 is 5.97 Å². The molecule has 6 heteroatoms. The van der Waals surface area contributed by atoms with Crippen molar-refractivity contribution >= 4 is 22.8 Å². The molecule has 0 aliphatic heterocycles. The van der Waals surface area contributed by atoms with E-state index >= 15 is 0 Å². The van der Waals surface area contributed by atoms with Crippen LogP contribution in [0.15, 0.2) is 28.8 Å². The van der Waals surface area contributed by atoms with Gasteiger partial charge in [0.1, 0.15) is 5.69 Å². The molecule has 0 bridgehead atoms. The molecule has 6 nitrogen and oxygen atoms in total. The molecule has 1 unspecified atom stereocenters. The second-order valence-corrected chi connectivity index (χ2v) is 7.24. The molecule has 26 heavy (non-hydrogen) atoms. The standard InChI is InChI=1S/C20H26N2O4/c23-19(13-17-16-8-4-5-9-18(16)26-22-17)21-15(10-11-20(24)25)12-14-6-2-1-3-7-14/h4-5,8-9,14-15H,1-3,6-7,10-13H2,(H,21,23)(H,24,25). The molecule has 1 aliphatic rings. The Hall–Kier alpha value is -2.37. The van der Waals surface area contributed by atoms with Gasteiger partial charge in [0.15, 0.2) is 5.58 Å². The lowest BCUT2D eigenvalue weighted by atomic mass is 9.84. The normalized spacial score (nSPS) is 16.5. The van der Waals surface area contributed by atoms with Crippen LogP contribution in [0.25, 0.3) is 11.0 Å².